The molecular formula is C13H24N2O4S. The number of hydrogen-bond acceptors (Lipinski definition) is 3. The first-order valence-corrected chi connectivity index (χ1v) is 8.86. The largest absolute Gasteiger partial charge is 0.480 e. The van der Waals surface area contributed by atoms with Gasteiger partial charge in [-0.2, -0.15) is 17.4 Å². The van der Waals surface area contributed by atoms with Gasteiger partial charge in [0.05, 0.1) is 0 Å². The molecule has 2 fully saturated rings. The Morgan fingerprint density at radius 3 is 2.30 bits per heavy atom. The van der Waals surface area contributed by atoms with Crippen LogP contribution in [0.5, 0.6) is 0 Å². The Hall–Kier alpha value is -0.660. The SMILES string of the molecule is CCC1CCC(NS(=O)(=O)N2CCCC2)(C(=O)O)CC1. The standard InChI is InChI=1S/C13H24N2O4S/c1-2-11-5-7-13(8-6-11,12(16)17)14-20(18,19)15-9-3-4-10-15/h11,14H,2-10H2,1H3,(H,16,17). The van der Waals surface area contributed by atoms with Gasteiger partial charge in [-0.1, -0.05) is 13.3 Å². The topological polar surface area (TPSA) is 86.7 Å². The maximum Gasteiger partial charge on any atom is 0.324 e. The summed E-state index contributed by atoms with van der Waals surface area (Å²) in [5.74, 6) is -0.534. The van der Waals surface area contributed by atoms with Gasteiger partial charge < -0.3 is 5.11 Å². The summed E-state index contributed by atoms with van der Waals surface area (Å²) < 4.78 is 28.5. The van der Waals surface area contributed by atoms with E-state index >= 15 is 0 Å². The fourth-order valence-corrected chi connectivity index (χ4v) is 4.83. The van der Waals surface area contributed by atoms with Gasteiger partial charge in [0, 0.05) is 13.1 Å². The van der Waals surface area contributed by atoms with E-state index in [1.807, 2.05) is 0 Å². The Labute approximate surface area is 120 Å². The third-order valence-electron chi connectivity index (χ3n) is 4.67. The molecule has 1 aliphatic heterocycles. The van der Waals surface area contributed by atoms with Crippen LogP contribution in [0.1, 0.15) is 51.9 Å². The van der Waals surface area contributed by atoms with E-state index in [1.165, 1.54) is 4.31 Å². The molecule has 0 atom stereocenters. The summed E-state index contributed by atoms with van der Waals surface area (Å²) in [5, 5.41) is 9.51. The van der Waals surface area contributed by atoms with Crippen molar-refractivity contribution >= 4 is 16.2 Å². The predicted octanol–water partition coefficient (Wildman–Crippen LogP) is 1.34. The van der Waals surface area contributed by atoms with Crippen molar-refractivity contribution in [2.75, 3.05) is 13.1 Å². The molecule has 2 N–H and O–H groups in total. The van der Waals surface area contributed by atoms with Crippen molar-refractivity contribution in [2.24, 2.45) is 5.92 Å². The van der Waals surface area contributed by atoms with E-state index in [0.29, 0.717) is 31.8 Å². The van der Waals surface area contributed by atoms with Gasteiger partial charge in [-0.25, -0.2) is 0 Å². The van der Waals surface area contributed by atoms with Gasteiger partial charge in [-0.15, -0.1) is 0 Å². The van der Waals surface area contributed by atoms with E-state index in [2.05, 4.69) is 11.6 Å². The van der Waals surface area contributed by atoms with E-state index in [-0.39, 0.29) is 0 Å². The molecule has 0 aromatic heterocycles. The number of aliphatic carboxylic acids is 1. The molecule has 2 aliphatic rings. The van der Waals surface area contributed by atoms with Crippen molar-refractivity contribution < 1.29 is 18.3 Å². The summed E-state index contributed by atoms with van der Waals surface area (Å²) in [5.41, 5.74) is -1.31. The minimum absolute atomic E-state index is 0.383. The third kappa shape index (κ3) is 3.15. The lowest BCUT2D eigenvalue weighted by Crippen LogP contribution is -2.59. The predicted molar refractivity (Wildman–Crippen MR) is 75.5 cm³/mol. The number of carboxylic acid groups (broad SMARTS) is 1. The first-order valence-electron chi connectivity index (χ1n) is 7.42. The minimum atomic E-state index is -3.68. The van der Waals surface area contributed by atoms with Gasteiger partial charge in [0.25, 0.3) is 10.2 Å². The maximum atomic E-state index is 12.3. The average Bonchev–Trinajstić information content (AvgIpc) is 2.93. The quantitative estimate of drug-likeness (QED) is 0.802. The first-order chi connectivity index (χ1) is 9.39. The van der Waals surface area contributed by atoms with Crippen LogP contribution in [0.2, 0.25) is 0 Å². The lowest BCUT2D eigenvalue weighted by molar-refractivity contribution is -0.145. The number of nitrogens with zero attached hydrogens (tertiary/aromatic N) is 1. The molecule has 1 saturated heterocycles. The molecule has 6 nitrogen and oxygen atoms in total. The van der Waals surface area contributed by atoms with Crippen LogP contribution in [0.15, 0.2) is 0 Å². The van der Waals surface area contributed by atoms with E-state index in [9.17, 15) is 18.3 Å². The molecule has 0 spiro atoms. The van der Waals surface area contributed by atoms with Crippen LogP contribution < -0.4 is 4.72 Å². The Bertz CT molecular complexity index is 449. The highest BCUT2D eigenvalue weighted by molar-refractivity contribution is 7.87. The zero-order chi connectivity index (χ0) is 14.8. The van der Waals surface area contributed by atoms with Gasteiger partial charge in [-0.3, -0.25) is 4.79 Å². The molecule has 1 aliphatic carbocycles. The van der Waals surface area contributed by atoms with Crippen LogP contribution in [0.4, 0.5) is 0 Å². The zero-order valence-electron chi connectivity index (χ0n) is 12.0. The second-order valence-corrected chi connectivity index (χ2v) is 7.62. The minimum Gasteiger partial charge on any atom is -0.480 e. The number of carboxylic acids is 1. The van der Waals surface area contributed by atoms with Crippen LogP contribution in [-0.2, 0) is 15.0 Å². The van der Waals surface area contributed by atoms with E-state index in [1.54, 1.807) is 0 Å². The van der Waals surface area contributed by atoms with Crippen molar-refractivity contribution in [3.8, 4) is 0 Å². The van der Waals surface area contributed by atoms with Gasteiger partial charge in [0.15, 0.2) is 0 Å². The van der Waals surface area contributed by atoms with E-state index in [4.69, 9.17) is 0 Å². The number of carbonyl (C=O) groups is 1. The van der Waals surface area contributed by atoms with Gasteiger partial charge in [0.2, 0.25) is 0 Å². The lowest BCUT2D eigenvalue weighted by atomic mass is 9.76. The van der Waals surface area contributed by atoms with Crippen LogP contribution in [0, 0.1) is 5.92 Å². The highest BCUT2D eigenvalue weighted by Gasteiger charge is 2.46. The molecule has 1 heterocycles. The second kappa shape index (κ2) is 5.99. The highest BCUT2D eigenvalue weighted by Crippen LogP contribution is 2.35. The van der Waals surface area contributed by atoms with E-state index < -0.39 is 21.7 Å². The molecular weight excluding hydrogens is 280 g/mol. The van der Waals surface area contributed by atoms with Crippen LogP contribution in [0.3, 0.4) is 0 Å². The Morgan fingerprint density at radius 2 is 1.85 bits per heavy atom. The monoisotopic (exact) mass is 304 g/mol. The summed E-state index contributed by atoms with van der Waals surface area (Å²) in [6.07, 6.45) is 5.02. The number of rotatable bonds is 5. The Morgan fingerprint density at radius 1 is 1.30 bits per heavy atom. The number of nitrogens with one attached hydrogen (secondary N) is 1. The highest BCUT2D eigenvalue weighted by atomic mass is 32.2. The summed E-state index contributed by atoms with van der Waals surface area (Å²) in [6, 6.07) is 0. The van der Waals surface area contributed by atoms with Crippen molar-refractivity contribution in [1.29, 1.82) is 0 Å². The summed E-state index contributed by atoms with van der Waals surface area (Å²) in [4.78, 5) is 11.6. The molecule has 0 amide bonds. The van der Waals surface area contributed by atoms with Crippen LogP contribution >= 0.6 is 0 Å². The first kappa shape index (κ1) is 15.7. The van der Waals surface area contributed by atoms with Gasteiger partial charge in [0.1, 0.15) is 5.54 Å². The summed E-state index contributed by atoms with van der Waals surface area (Å²) in [7, 11) is -3.68. The molecule has 0 unspecified atom stereocenters. The zero-order valence-corrected chi connectivity index (χ0v) is 12.8. The molecule has 0 bridgehead atoms. The molecule has 0 radical (unpaired) electrons. The fourth-order valence-electron chi connectivity index (χ4n) is 3.18. The summed E-state index contributed by atoms with van der Waals surface area (Å²) in [6.45, 7) is 3.07. The smallest absolute Gasteiger partial charge is 0.324 e. The molecule has 2 rings (SSSR count). The third-order valence-corrected chi connectivity index (χ3v) is 6.37. The normalized spacial score (nSPS) is 32.4. The molecule has 116 valence electrons. The van der Waals surface area contributed by atoms with Crippen molar-refractivity contribution in [3.63, 3.8) is 0 Å². The molecule has 1 saturated carbocycles. The van der Waals surface area contributed by atoms with Gasteiger partial charge >= 0.3 is 5.97 Å². The number of hydrogen-bond donors (Lipinski definition) is 2. The summed E-state index contributed by atoms with van der Waals surface area (Å²) >= 11 is 0. The van der Waals surface area contributed by atoms with Crippen molar-refractivity contribution in [3.05, 3.63) is 0 Å². The fraction of sp³-hybridized carbons (Fsp3) is 0.923. The Kier molecular flexibility index (Phi) is 4.71. The van der Waals surface area contributed by atoms with Gasteiger partial charge in [-0.05, 0) is 44.4 Å². The van der Waals surface area contributed by atoms with E-state index in [0.717, 1.165) is 32.1 Å². The molecule has 20 heavy (non-hydrogen) atoms. The lowest BCUT2D eigenvalue weighted by Gasteiger charge is -2.37. The average molecular weight is 304 g/mol. The molecule has 0 aromatic carbocycles. The van der Waals surface area contributed by atoms with Crippen LogP contribution in [0.25, 0.3) is 0 Å². The van der Waals surface area contributed by atoms with Crippen molar-refractivity contribution in [2.45, 2.75) is 57.4 Å². The molecule has 7 heteroatoms. The van der Waals surface area contributed by atoms with Crippen LogP contribution in [-0.4, -0.2) is 42.4 Å². The maximum absolute atomic E-state index is 12.3. The van der Waals surface area contributed by atoms with Crippen molar-refractivity contribution in [1.82, 2.24) is 9.03 Å². The molecule has 0 aromatic rings. The second-order valence-electron chi connectivity index (χ2n) is 5.95. The Balaban J connectivity index is 2.12.